The molecule has 0 spiro atoms. The van der Waals surface area contributed by atoms with E-state index in [1.807, 2.05) is 55.5 Å². The van der Waals surface area contributed by atoms with Gasteiger partial charge < -0.3 is 10.0 Å². The van der Waals surface area contributed by atoms with Gasteiger partial charge in [-0.05, 0) is 52.4 Å². The van der Waals surface area contributed by atoms with Crippen molar-refractivity contribution in [2.75, 3.05) is 4.90 Å². The molecular formula is C31H29NO3. The first-order valence-electron chi connectivity index (χ1n) is 12.0. The van der Waals surface area contributed by atoms with Crippen molar-refractivity contribution in [2.45, 2.75) is 45.3 Å². The molecular weight excluding hydrogens is 434 g/mol. The second-order valence-electron chi connectivity index (χ2n) is 9.77. The van der Waals surface area contributed by atoms with Gasteiger partial charge in [0.25, 0.3) is 5.91 Å². The molecule has 1 aliphatic rings. The SMILES string of the molecule is Cc1ccc(C(C)C)cc1CN1C(=O)[C@](O)(CC(=O)c2ccc3ccccc3c2)c2ccccc21. The third-order valence-corrected chi connectivity index (χ3v) is 7.10. The molecule has 1 N–H and O–H groups in total. The monoisotopic (exact) mass is 463 g/mol. The average Bonchev–Trinajstić information content (AvgIpc) is 3.06. The molecule has 0 saturated heterocycles. The number of amides is 1. The Labute approximate surface area is 205 Å². The molecule has 0 aliphatic carbocycles. The van der Waals surface area contributed by atoms with Gasteiger partial charge >= 0.3 is 0 Å². The van der Waals surface area contributed by atoms with E-state index in [2.05, 4.69) is 32.0 Å². The molecule has 176 valence electrons. The number of fused-ring (bicyclic) bond motifs is 2. The number of aryl methyl sites for hydroxylation is 1. The van der Waals surface area contributed by atoms with Crippen LogP contribution in [0.5, 0.6) is 0 Å². The van der Waals surface area contributed by atoms with Crippen LogP contribution in [0.3, 0.4) is 0 Å². The van der Waals surface area contributed by atoms with Crippen LogP contribution in [0.4, 0.5) is 5.69 Å². The van der Waals surface area contributed by atoms with E-state index in [0.29, 0.717) is 29.3 Å². The van der Waals surface area contributed by atoms with Gasteiger partial charge in [-0.15, -0.1) is 0 Å². The minimum Gasteiger partial charge on any atom is -0.375 e. The maximum atomic E-state index is 13.7. The van der Waals surface area contributed by atoms with E-state index in [1.54, 1.807) is 23.1 Å². The van der Waals surface area contributed by atoms with Gasteiger partial charge in [0.05, 0.1) is 18.7 Å². The van der Waals surface area contributed by atoms with Crippen molar-refractivity contribution in [3.8, 4) is 0 Å². The zero-order valence-corrected chi connectivity index (χ0v) is 20.3. The first kappa shape index (κ1) is 23.0. The predicted molar refractivity (Wildman–Crippen MR) is 140 cm³/mol. The number of para-hydroxylation sites is 1. The van der Waals surface area contributed by atoms with E-state index >= 15 is 0 Å². The number of benzene rings is 4. The summed E-state index contributed by atoms with van der Waals surface area (Å²) < 4.78 is 0. The van der Waals surface area contributed by atoms with Gasteiger partial charge in [-0.25, -0.2) is 0 Å². The molecule has 1 amide bonds. The van der Waals surface area contributed by atoms with Gasteiger partial charge in [0.1, 0.15) is 0 Å². The number of carbonyl (C=O) groups excluding carboxylic acids is 2. The molecule has 5 rings (SSSR count). The minimum absolute atomic E-state index is 0.263. The molecule has 0 bridgehead atoms. The highest BCUT2D eigenvalue weighted by Crippen LogP contribution is 2.44. The maximum Gasteiger partial charge on any atom is 0.264 e. The summed E-state index contributed by atoms with van der Waals surface area (Å²) in [6, 6.07) is 26.9. The van der Waals surface area contributed by atoms with Gasteiger partial charge in [-0.1, -0.05) is 86.6 Å². The number of rotatable bonds is 6. The number of nitrogens with zero attached hydrogens (tertiary/aromatic N) is 1. The lowest BCUT2D eigenvalue weighted by atomic mass is 9.87. The standard InChI is InChI=1S/C31H29NO3/c1-20(2)23-13-12-21(3)26(16-23)19-32-28-11-7-6-10-27(28)31(35,30(32)34)18-29(33)25-15-14-22-8-4-5-9-24(22)17-25/h4-17,20,35H,18-19H2,1-3H3/t31-/m0/s1. The fourth-order valence-corrected chi connectivity index (χ4v) is 4.92. The fourth-order valence-electron chi connectivity index (χ4n) is 4.92. The van der Waals surface area contributed by atoms with Crippen molar-refractivity contribution in [2.24, 2.45) is 0 Å². The summed E-state index contributed by atoms with van der Waals surface area (Å²) in [7, 11) is 0. The molecule has 1 heterocycles. The van der Waals surface area contributed by atoms with Crippen LogP contribution in [-0.4, -0.2) is 16.8 Å². The zero-order chi connectivity index (χ0) is 24.7. The van der Waals surface area contributed by atoms with Crippen molar-refractivity contribution in [3.05, 3.63) is 113 Å². The van der Waals surface area contributed by atoms with Gasteiger partial charge in [0.15, 0.2) is 11.4 Å². The van der Waals surface area contributed by atoms with E-state index < -0.39 is 11.5 Å². The summed E-state index contributed by atoms with van der Waals surface area (Å²) in [5.41, 5.74) is 3.04. The Bertz CT molecular complexity index is 1450. The molecule has 1 aliphatic heterocycles. The fraction of sp³-hybridized carbons (Fsp3) is 0.226. The second-order valence-corrected chi connectivity index (χ2v) is 9.77. The predicted octanol–water partition coefficient (Wildman–Crippen LogP) is 6.28. The molecule has 4 heteroatoms. The molecule has 0 fully saturated rings. The number of hydrogen-bond donors (Lipinski definition) is 1. The van der Waals surface area contributed by atoms with Crippen molar-refractivity contribution in [1.29, 1.82) is 0 Å². The molecule has 4 aromatic rings. The third kappa shape index (κ3) is 4.04. The Kier molecular flexibility index (Phi) is 5.78. The van der Waals surface area contributed by atoms with Gasteiger partial charge in [0, 0.05) is 11.1 Å². The first-order chi connectivity index (χ1) is 16.8. The Morgan fingerprint density at radius 1 is 0.914 bits per heavy atom. The van der Waals surface area contributed by atoms with E-state index in [-0.39, 0.29) is 12.2 Å². The van der Waals surface area contributed by atoms with Crippen molar-refractivity contribution in [1.82, 2.24) is 0 Å². The van der Waals surface area contributed by atoms with Crippen LogP contribution in [0.2, 0.25) is 0 Å². The third-order valence-electron chi connectivity index (χ3n) is 7.10. The highest BCUT2D eigenvalue weighted by atomic mass is 16.3. The van der Waals surface area contributed by atoms with Crippen LogP contribution in [0.15, 0.2) is 84.9 Å². The topological polar surface area (TPSA) is 57.6 Å². The molecule has 0 saturated carbocycles. The van der Waals surface area contributed by atoms with Crippen LogP contribution in [0.1, 0.15) is 58.8 Å². The van der Waals surface area contributed by atoms with E-state index in [1.165, 1.54) is 5.56 Å². The number of hydrogen-bond acceptors (Lipinski definition) is 3. The smallest absolute Gasteiger partial charge is 0.264 e. The summed E-state index contributed by atoms with van der Waals surface area (Å²) in [4.78, 5) is 28.7. The Hall–Kier alpha value is -3.76. The second kappa shape index (κ2) is 8.79. The van der Waals surface area contributed by atoms with Crippen molar-refractivity contribution in [3.63, 3.8) is 0 Å². The number of carbonyl (C=O) groups is 2. The molecule has 0 aromatic heterocycles. The summed E-state index contributed by atoms with van der Waals surface area (Å²) >= 11 is 0. The Morgan fingerprint density at radius 2 is 1.63 bits per heavy atom. The van der Waals surface area contributed by atoms with Crippen molar-refractivity contribution >= 4 is 28.2 Å². The minimum atomic E-state index is -1.90. The van der Waals surface area contributed by atoms with Crippen LogP contribution in [0.25, 0.3) is 10.8 Å². The Balaban J connectivity index is 1.48. The summed E-state index contributed by atoms with van der Waals surface area (Å²) in [5.74, 6) is -0.351. The van der Waals surface area contributed by atoms with Crippen LogP contribution in [-0.2, 0) is 16.9 Å². The first-order valence-corrected chi connectivity index (χ1v) is 12.0. The molecule has 0 radical (unpaired) electrons. The number of anilines is 1. The zero-order valence-electron chi connectivity index (χ0n) is 20.3. The average molecular weight is 464 g/mol. The number of ketones is 1. The highest BCUT2D eigenvalue weighted by Gasteiger charge is 2.50. The summed E-state index contributed by atoms with van der Waals surface area (Å²) in [6.07, 6.45) is -0.303. The van der Waals surface area contributed by atoms with Gasteiger partial charge in [-0.3, -0.25) is 9.59 Å². The largest absolute Gasteiger partial charge is 0.375 e. The van der Waals surface area contributed by atoms with Crippen LogP contribution in [0, 0.1) is 6.92 Å². The molecule has 0 unspecified atom stereocenters. The molecule has 35 heavy (non-hydrogen) atoms. The highest BCUT2D eigenvalue weighted by molar-refractivity contribution is 6.11. The van der Waals surface area contributed by atoms with E-state index in [9.17, 15) is 14.7 Å². The normalized spacial score (nSPS) is 17.3. The lowest BCUT2D eigenvalue weighted by Crippen LogP contribution is -2.41. The number of aliphatic hydroxyl groups is 1. The van der Waals surface area contributed by atoms with E-state index in [4.69, 9.17) is 0 Å². The summed E-state index contributed by atoms with van der Waals surface area (Å²) in [5, 5.41) is 13.7. The summed E-state index contributed by atoms with van der Waals surface area (Å²) in [6.45, 7) is 6.65. The van der Waals surface area contributed by atoms with Crippen LogP contribution >= 0.6 is 0 Å². The Morgan fingerprint density at radius 3 is 2.40 bits per heavy atom. The lowest BCUT2D eigenvalue weighted by molar-refractivity contribution is -0.136. The van der Waals surface area contributed by atoms with Gasteiger partial charge in [0.2, 0.25) is 0 Å². The van der Waals surface area contributed by atoms with Crippen LogP contribution < -0.4 is 4.90 Å². The molecule has 4 aromatic carbocycles. The quantitative estimate of drug-likeness (QED) is 0.343. The molecule has 4 nitrogen and oxygen atoms in total. The number of Topliss-reactive ketones (excluding diaryl/α,β-unsaturated/α-hetero) is 1. The van der Waals surface area contributed by atoms with Gasteiger partial charge in [-0.2, -0.15) is 0 Å². The van der Waals surface area contributed by atoms with Crippen molar-refractivity contribution < 1.29 is 14.7 Å². The molecule has 1 atom stereocenters. The van der Waals surface area contributed by atoms with E-state index in [0.717, 1.165) is 21.9 Å². The lowest BCUT2D eigenvalue weighted by Gasteiger charge is -2.24. The maximum absolute atomic E-state index is 13.7.